The molecule has 0 aliphatic carbocycles. The van der Waals surface area contributed by atoms with Crippen LogP contribution in [0, 0.1) is 5.92 Å². The van der Waals surface area contributed by atoms with Gasteiger partial charge in [0.25, 0.3) is 0 Å². The Morgan fingerprint density at radius 1 is 1.24 bits per heavy atom. The molecule has 17 heavy (non-hydrogen) atoms. The van der Waals surface area contributed by atoms with Crippen LogP contribution < -0.4 is 5.32 Å². The van der Waals surface area contributed by atoms with E-state index in [2.05, 4.69) is 22.8 Å². The summed E-state index contributed by atoms with van der Waals surface area (Å²) in [5.74, 6) is 0.831. The molecule has 2 N–H and O–H groups in total. The number of rotatable bonds is 3. The number of hydrogen-bond donors (Lipinski definition) is 3. The molecule has 2 atom stereocenters. The minimum atomic E-state index is 0. The Morgan fingerprint density at radius 3 is 2.35 bits per heavy atom. The Kier molecular flexibility index (Phi) is 9.25. The third-order valence-corrected chi connectivity index (χ3v) is 4.15. The van der Waals surface area contributed by atoms with Crippen molar-refractivity contribution in [1.29, 1.82) is 0 Å². The molecule has 0 radical (unpaired) electrons. The van der Waals surface area contributed by atoms with Gasteiger partial charge < -0.3 is 15.3 Å². The molecule has 0 bridgehead atoms. The van der Waals surface area contributed by atoms with Crippen LogP contribution in [-0.4, -0.2) is 54.1 Å². The van der Waals surface area contributed by atoms with Crippen LogP contribution in [-0.2, 0) is 0 Å². The Balaban J connectivity index is 0.00000128. The third kappa shape index (κ3) is 5.13. The molecule has 0 amide bonds. The minimum Gasteiger partial charge on any atom is -0.395 e. The van der Waals surface area contributed by atoms with Crippen LogP contribution in [0.25, 0.3) is 0 Å². The molecule has 3 nitrogen and oxygen atoms in total. The first kappa shape index (κ1) is 17.8. The number of thiol groups is 1. The van der Waals surface area contributed by atoms with Gasteiger partial charge in [-0.3, -0.25) is 0 Å². The van der Waals surface area contributed by atoms with E-state index >= 15 is 0 Å². The second-order valence-electron chi connectivity index (χ2n) is 4.81. The van der Waals surface area contributed by atoms with Gasteiger partial charge in [-0.15, -0.1) is 24.8 Å². The Bertz CT molecular complexity index is 204. The Morgan fingerprint density at radius 2 is 1.88 bits per heavy atom. The van der Waals surface area contributed by atoms with Gasteiger partial charge in [-0.25, -0.2) is 0 Å². The zero-order valence-corrected chi connectivity index (χ0v) is 12.6. The van der Waals surface area contributed by atoms with Crippen molar-refractivity contribution in [3.05, 3.63) is 0 Å². The molecule has 6 heteroatoms. The van der Waals surface area contributed by atoms with Crippen molar-refractivity contribution < 1.29 is 5.11 Å². The highest BCUT2D eigenvalue weighted by Crippen LogP contribution is 2.26. The van der Waals surface area contributed by atoms with E-state index in [1.165, 1.54) is 19.3 Å². The van der Waals surface area contributed by atoms with Gasteiger partial charge in [-0.05, 0) is 38.3 Å². The summed E-state index contributed by atoms with van der Waals surface area (Å²) in [5, 5.41) is 13.0. The van der Waals surface area contributed by atoms with E-state index in [1.807, 2.05) is 0 Å². The van der Waals surface area contributed by atoms with Gasteiger partial charge in [-0.2, -0.15) is 12.6 Å². The van der Waals surface area contributed by atoms with Gasteiger partial charge in [0.2, 0.25) is 0 Å². The minimum absolute atomic E-state index is 0. The molecule has 0 unspecified atom stereocenters. The number of halogens is 2. The molecule has 0 aromatic rings. The predicted molar refractivity (Wildman–Crippen MR) is 79.9 cm³/mol. The summed E-state index contributed by atoms with van der Waals surface area (Å²) in [6.45, 7) is 4.52. The number of likely N-dealkylation sites (tertiary alicyclic amines) is 1. The van der Waals surface area contributed by atoms with E-state index in [9.17, 15) is 0 Å². The van der Waals surface area contributed by atoms with E-state index in [1.54, 1.807) is 0 Å². The molecular weight excluding hydrogens is 279 g/mol. The largest absolute Gasteiger partial charge is 0.395 e. The van der Waals surface area contributed by atoms with E-state index < -0.39 is 0 Å². The first-order valence-electron chi connectivity index (χ1n) is 6.04. The quantitative estimate of drug-likeness (QED) is 0.686. The Labute approximate surface area is 122 Å². The van der Waals surface area contributed by atoms with Crippen LogP contribution in [0.4, 0.5) is 0 Å². The summed E-state index contributed by atoms with van der Waals surface area (Å²) in [5.41, 5.74) is 0. The smallest absolute Gasteiger partial charge is 0.0558 e. The summed E-state index contributed by atoms with van der Waals surface area (Å²) in [6, 6.07) is 0.698. The summed E-state index contributed by atoms with van der Waals surface area (Å²) in [7, 11) is 0. The van der Waals surface area contributed by atoms with E-state index in [-0.39, 0.29) is 24.8 Å². The van der Waals surface area contributed by atoms with Crippen molar-refractivity contribution in [3.63, 3.8) is 0 Å². The van der Waals surface area contributed by atoms with Gasteiger partial charge in [-0.1, -0.05) is 0 Å². The van der Waals surface area contributed by atoms with Crippen LogP contribution in [0.1, 0.15) is 19.3 Å². The molecule has 0 saturated carbocycles. The van der Waals surface area contributed by atoms with Crippen LogP contribution in [0.2, 0.25) is 0 Å². The van der Waals surface area contributed by atoms with E-state index in [0.717, 1.165) is 32.1 Å². The highest BCUT2D eigenvalue weighted by molar-refractivity contribution is 7.81. The summed E-state index contributed by atoms with van der Waals surface area (Å²) in [4.78, 5) is 2.36. The summed E-state index contributed by atoms with van der Waals surface area (Å²) in [6.07, 6.45) is 3.78. The molecule has 2 aliphatic rings. The van der Waals surface area contributed by atoms with Crippen molar-refractivity contribution in [3.8, 4) is 0 Å². The fourth-order valence-corrected chi connectivity index (χ4v) is 3.16. The monoisotopic (exact) mass is 302 g/mol. The first-order chi connectivity index (χ1) is 7.29. The molecule has 0 aromatic heterocycles. The third-order valence-electron chi connectivity index (χ3n) is 3.76. The second-order valence-corrected chi connectivity index (χ2v) is 5.54. The fraction of sp³-hybridized carbons (Fsp3) is 1.00. The van der Waals surface area contributed by atoms with E-state index in [4.69, 9.17) is 5.11 Å². The average molecular weight is 303 g/mol. The number of aliphatic hydroxyl groups is 1. The van der Waals surface area contributed by atoms with Crippen molar-refractivity contribution in [2.24, 2.45) is 5.92 Å². The topological polar surface area (TPSA) is 35.5 Å². The zero-order chi connectivity index (χ0) is 10.7. The van der Waals surface area contributed by atoms with Crippen LogP contribution in [0.15, 0.2) is 0 Å². The molecule has 104 valence electrons. The molecule has 2 fully saturated rings. The highest BCUT2D eigenvalue weighted by atomic mass is 35.5. The maximum Gasteiger partial charge on any atom is 0.0558 e. The SMILES string of the molecule is Cl.Cl.OCCN1CCC([C@@H]2C[C@H](S)CN2)CC1. The number of hydrogen-bond acceptors (Lipinski definition) is 4. The lowest BCUT2D eigenvalue weighted by Crippen LogP contribution is -2.41. The standard InChI is InChI=1S/C11H22N2OS.2ClH/c14-6-5-13-3-1-9(2-4-13)11-7-10(15)8-12-11;;/h9-12,14-15H,1-8H2;2*1H/t10-,11-;;/m0../s1. The molecule has 0 spiro atoms. The normalized spacial score (nSPS) is 30.7. The lowest BCUT2D eigenvalue weighted by Gasteiger charge is -2.34. The van der Waals surface area contributed by atoms with Gasteiger partial charge in [0.15, 0.2) is 0 Å². The number of piperidine rings is 1. The van der Waals surface area contributed by atoms with Crippen LogP contribution in [0.3, 0.4) is 0 Å². The lowest BCUT2D eigenvalue weighted by molar-refractivity contribution is 0.135. The summed E-state index contributed by atoms with van der Waals surface area (Å²) < 4.78 is 0. The molecule has 2 aliphatic heterocycles. The fourth-order valence-electron chi connectivity index (χ4n) is 2.83. The van der Waals surface area contributed by atoms with Crippen molar-refractivity contribution in [1.82, 2.24) is 10.2 Å². The van der Waals surface area contributed by atoms with Gasteiger partial charge in [0.1, 0.15) is 0 Å². The maximum atomic E-state index is 8.87. The zero-order valence-electron chi connectivity index (χ0n) is 10.0. The molecular formula is C11H24Cl2N2OS. The molecule has 2 rings (SSSR count). The van der Waals surface area contributed by atoms with Crippen LogP contribution >= 0.6 is 37.4 Å². The number of aliphatic hydroxyl groups excluding tert-OH is 1. The van der Waals surface area contributed by atoms with Crippen LogP contribution in [0.5, 0.6) is 0 Å². The lowest BCUT2D eigenvalue weighted by atomic mass is 9.88. The van der Waals surface area contributed by atoms with Gasteiger partial charge in [0, 0.05) is 24.4 Å². The predicted octanol–water partition coefficient (Wildman–Crippen LogP) is 1.19. The number of nitrogens with zero attached hydrogens (tertiary/aromatic N) is 1. The summed E-state index contributed by atoms with van der Waals surface area (Å²) >= 11 is 4.52. The second kappa shape index (κ2) is 8.83. The average Bonchev–Trinajstić information content (AvgIpc) is 2.67. The van der Waals surface area contributed by atoms with E-state index in [0.29, 0.717) is 17.9 Å². The molecule has 0 aromatic carbocycles. The first-order valence-corrected chi connectivity index (χ1v) is 6.56. The van der Waals surface area contributed by atoms with Gasteiger partial charge in [0.05, 0.1) is 6.61 Å². The number of β-amino-alcohol motifs (C(OH)–C–C–N with tert-alkyl or cyclic N) is 1. The van der Waals surface area contributed by atoms with Crippen molar-refractivity contribution >= 4 is 37.4 Å². The molecule has 2 saturated heterocycles. The van der Waals surface area contributed by atoms with Crippen molar-refractivity contribution in [2.75, 3.05) is 32.8 Å². The van der Waals surface area contributed by atoms with Crippen molar-refractivity contribution in [2.45, 2.75) is 30.6 Å². The van der Waals surface area contributed by atoms with Gasteiger partial charge >= 0.3 is 0 Å². The highest BCUT2D eigenvalue weighted by Gasteiger charge is 2.30. The number of nitrogens with one attached hydrogen (secondary N) is 1. The Hall–Kier alpha value is 0.810. The maximum absolute atomic E-state index is 8.87. The molecule has 2 heterocycles.